The van der Waals surface area contributed by atoms with Crippen molar-refractivity contribution in [3.63, 3.8) is 0 Å². The van der Waals surface area contributed by atoms with Gasteiger partial charge < -0.3 is 19.3 Å². The Bertz CT molecular complexity index is 810. The van der Waals surface area contributed by atoms with Crippen LogP contribution in [0.4, 0.5) is 0 Å². The van der Waals surface area contributed by atoms with Gasteiger partial charge in [-0.1, -0.05) is 26.0 Å². The van der Waals surface area contributed by atoms with Crippen molar-refractivity contribution < 1.29 is 33.9 Å². The number of carboxylic acids is 1. The molecule has 8 atom stereocenters. The first-order chi connectivity index (χ1) is 14.3. The lowest BCUT2D eigenvalue weighted by molar-refractivity contribution is -0.577. The highest BCUT2D eigenvalue weighted by Gasteiger charge is 2.69. The molecule has 5 fully saturated rings. The number of carboxylic acid groups (broad SMARTS) is 1. The summed E-state index contributed by atoms with van der Waals surface area (Å²) >= 11 is 0. The van der Waals surface area contributed by atoms with E-state index in [4.69, 9.17) is 29.1 Å². The summed E-state index contributed by atoms with van der Waals surface area (Å²) in [5.74, 6) is -0.539. The van der Waals surface area contributed by atoms with Gasteiger partial charge in [0.05, 0.1) is 12.2 Å². The monoisotopic (exact) mass is 418 g/mol. The number of hydrogen-bond acceptors (Lipinski definition) is 6. The Balaban J connectivity index is 1.37. The van der Waals surface area contributed by atoms with Crippen LogP contribution in [0.5, 0.6) is 0 Å². The number of benzene rings is 1. The molecule has 4 heterocycles. The molecule has 1 N–H and O–H groups in total. The third-order valence-corrected chi connectivity index (χ3v) is 7.71. The van der Waals surface area contributed by atoms with Gasteiger partial charge in [0.15, 0.2) is 18.2 Å². The first kappa shape index (κ1) is 20.4. The minimum atomic E-state index is -0.936. The Morgan fingerprint density at radius 1 is 1.13 bits per heavy atom. The van der Waals surface area contributed by atoms with E-state index in [0.29, 0.717) is 18.4 Å². The minimum Gasteiger partial charge on any atom is -0.478 e. The van der Waals surface area contributed by atoms with E-state index in [-0.39, 0.29) is 17.4 Å². The highest BCUT2D eigenvalue weighted by Crippen LogP contribution is 2.60. The van der Waals surface area contributed by atoms with Gasteiger partial charge in [-0.3, -0.25) is 0 Å². The largest absolute Gasteiger partial charge is 0.478 e. The van der Waals surface area contributed by atoms with Crippen LogP contribution in [-0.2, 0) is 30.6 Å². The van der Waals surface area contributed by atoms with Crippen LogP contribution in [0.15, 0.2) is 24.3 Å². The summed E-state index contributed by atoms with van der Waals surface area (Å²) in [6.45, 7) is 6.71. The molecular formula is C23H30O7. The van der Waals surface area contributed by atoms with Gasteiger partial charge >= 0.3 is 5.97 Å². The lowest BCUT2D eigenvalue weighted by atomic mass is 9.58. The molecule has 2 unspecified atom stereocenters. The quantitative estimate of drug-likeness (QED) is 0.737. The van der Waals surface area contributed by atoms with Crippen LogP contribution >= 0.6 is 0 Å². The first-order valence-electron chi connectivity index (χ1n) is 11.0. The molecule has 2 bridgehead atoms. The normalized spacial score (nSPS) is 44.9. The van der Waals surface area contributed by atoms with E-state index in [0.717, 1.165) is 31.2 Å². The Labute approximate surface area is 176 Å². The van der Waals surface area contributed by atoms with Crippen LogP contribution in [0.25, 0.3) is 0 Å². The summed E-state index contributed by atoms with van der Waals surface area (Å²) in [4.78, 5) is 23.0. The van der Waals surface area contributed by atoms with Crippen LogP contribution in [0.2, 0.25) is 0 Å². The molecule has 0 amide bonds. The maximum absolute atomic E-state index is 11.0. The first-order valence-corrected chi connectivity index (χ1v) is 11.0. The number of hydrogen-bond donors (Lipinski definition) is 1. The van der Waals surface area contributed by atoms with Crippen molar-refractivity contribution in [2.45, 2.75) is 77.0 Å². The van der Waals surface area contributed by atoms with Crippen LogP contribution in [0, 0.1) is 23.7 Å². The van der Waals surface area contributed by atoms with E-state index in [9.17, 15) is 4.79 Å². The van der Waals surface area contributed by atoms with Gasteiger partial charge in [-0.15, -0.1) is 0 Å². The molecule has 4 saturated heterocycles. The number of fused-ring (bicyclic) bond motifs is 2. The van der Waals surface area contributed by atoms with Crippen molar-refractivity contribution in [1.82, 2.24) is 0 Å². The van der Waals surface area contributed by atoms with Crippen LogP contribution in [0.1, 0.15) is 62.4 Å². The number of aromatic carboxylic acids is 1. The SMILES string of the molecule is C[C@@H]1CC[C@@H]2[C@@H](C)C(OCc3ccc(C(=O)O)cc3)O[C@@H]3O[C@]4(C)CCC1[C@]32OO4. The fourth-order valence-corrected chi connectivity index (χ4v) is 5.98. The Morgan fingerprint density at radius 3 is 2.63 bits per heavy atom. The lowest BCUT2D eigenvalue weighted by Crippen LogP contribution is -2.70. The van der Waals surface area contributed by atoms with Gasteiger partial charge in [-0.25, -0.2) is 14.6 Å². The average Bonchev–Trinajstić information content (AvgIpc) is 2.96. The Kier molecular flexibility index (Phi) is 4.95. The molecule has 7 heteroatoms. The van der Waals surface area contributed by atoms with Crippen LogP contribution in [-0.4, -0.2) is 35.0 Å². The second-order valence-electron chi connectivity index (χ2n) is 9.59. The Hall–Kier alpha value is -1.51. The number of rotatable bonds is 4. The molecule has 1 spiro atoms. The molecule has 5 aliphatic rings. The van der Waals surface area contributed by atoms with Gasteiger partial charge in [-0.05, 0) is 55.7 Å². The van der Waals surface area contributed by atoms with Crippen molar-refractivity contribution in [1.29, 1.82) is 0 Å². The fraction of sp³-hybridized carbons (Fsp3) is 0.696. The van der Waals surface area contributed by atoms with Crippen LogP contribution in [0.3, 0.4) is 0 Å². The molecule has 164 valence electrons. The molecule has 0 radical (unpaired) electrons. The minimum absolute atomic E-state index is 0.115. The predicted octanol–water partition coefficient (Wildman–Crippen LogP) is 4.11. The molecule has 1 aromatic carbocycles. The molecule has 1 aromatic rings. The molecule has 6 rings (SSSR count). The molecule has 0 aromatic heterocycles. The van der Waals surface area contributed by atoms with Gasteiger partial charge in [0.25, 0.3) is 0 Å². The maximum Gasteiger partial charge on any atom is 0.335 e. The summed E-state index contributed by atoms with van der Waals surface area (Å²) in [6.07, 6.45) is 3.01. The zero-order chi connectivity index (χ0) is 21.1. The second-order valence-corrected chi connectivity index (χ2v) is 9.59. The van der Waals surface area contributed by atoms with E-state index >= 15 is 0 Å². The molecule has 1 saturated carbocycles. The number of carbonyl (C=O) groups is 1. The maximum atomic E-state index is 11.0. The Morgan fingerprint density at radius 2 is 1.90 bits per heavy atom. The van der Waals surface area contributed by atoms with Gasteiger partial charge in [-0.2, -0.15) is 0 Å². The highest BCUT2D eigenvalue weighted by molar-refractivity contribution is 5.87. The number of ether oxygens (including phenoxy) is 3. The third kappa shape index (κ3) is 3.10. The summed E-state index contributed by atoms with van der Waals surface area (Å²) in [5.41, 5.74) is 0.579. The van der Waals surface area contributed by atoms with Gasteiger partial charge in [0.2, 0.25) is 5.79 Å². The topological polar surface area (TPSA) is 83.5 Å². The standard InChI is InChI=1S/C23H30O7/c1-13-4-9-18-14(2)20(26-12-15-5-7-16(8-6-15)19(24)25)27-21-23(18)17(13)10-11-22(3,28-21)29-30-23/h5-8,13-14,17-18,20-21H,4,9-12H2,1-3H3,(H,24,25)/t13-,14-,17?,18-,20?,21-,22+,23-/m1/s1. The van der Waals surface area contributed by atoms with E-state index in [1.807, 2.05) is 6.92 Å². The van der Waals surface area contributed by atoms with E-state index < -0.39 is 29.9 Å². The fourth-order valence-electron chi connectivity index (χ4n) is 5.98. The zero-order valence-corrected chi connectivity index (χ0v) is 17.7. The van der Waals surface area contributed by atoms with Crippen molar-refractivity contribution >= 4 is 5.97 Å². The van der Waals surface area contributed by atoms with E-state index in [2.05, 4.69) is 13.8 Å². The molecule has 7 nitrogen and oxygen atoms in total. The lowest BCUT2D eigenvalue weighted by Gasteiger charge is -2.60. The van der Waals surface area contributed by atoms with E-state index in [1.165, 1.54) is 0 Å². The highest BCUT2D eigenvalue weighted by atomic mass is 17.3. The van der Waals surface area contributed by atoms with Crippen molar-refractivity contribution in [2.75, 3.05) is 0 Å². The van der Waals surface area contributed by atoms with Gasteiger partial charge in [0.1, 0.15) is 0 Å². The van der Waals surface area contributed by atoms with Crippen molar-refractivity contribution in [3.05, 3.63) is 35.4 Å². The van der Waals surface area contributed by atoms with Crippen molar-refractivity contribution in [3.8, 4) is 0 Å². The molecular weight excluding hydrogens is 388 g/mol. The van der Waals surface area contributed by atoms with Gasteiger partial charge in [0, 0.05) is 18.3 Å². The summed E-state index contributed by atoms with van der Waals surface area (Å²) in [7, 11) is 0. The molecule has 1 aliphatic carbocycles. The van der Waals surface area contributed by atoms with Crippen molar-refractivity contribution in [2.24, 2.45) is 23.7 Å². The molecule has 4 aliphatic heterocycles. The average molecular weight is 418 g/mol. The molecule has 30 heavy (non-hydrogen) atoms. The predicted molar refractivity (Wildman–Crippen MR) is 105 cm³/mol. The summed E-state index contributed by atoms with van der Waals surface area (Å²) in [5, 5.41) is 9.06. The smallest absolute Gasteiger partial charge is 0.335 e. The summed E-state index contributed by atoms with van der Waals surface area (Å²) in [6, 6.07) is 6.74. The second kappa shape index (κ2) is 7.28. The van der Waals surface area contributed by atoms with Crippen LogP contribution < -0.4 is 0 Å². The zero-order valence-electron chi connectivity index (χ0n) is 17.7. The summed E-state index contributed by atoms with van der Waals surface area (Å²) < 4.78 is 18.9. The third-order valence-electron chi connectivity index (χ3n) is 7.71. The van der Waals surface area contributed by atoms with E-state index in [1.54, 1.807) is 24.3 Å².